The Morgan fingerprint density at radius 2 is 1.43 bits per heavy atom. The van der Waals surface area contributed by atoms with Gasteiger partial charge in [0.1, 0.15) is 0 Å². The molecule has 21 heavy (non-hydrogen) atoms. The molecule has 1 aliphatic heterocycles. The van der Waals surface area contributed by atoms with Crippen LogP contribution in [0.5, 0.6) is 0 Å². The van der Waals surface area contributed by atoms with Gasteiger partial charge in [0.15, 0.2) is 0 Å². The Kier molecular flexibility index (Phi) is 5.70. The highest BCUT2D eigenvalue weighted by molar-refractivity contribution is 6.21. The number of hydrogen-bond acceptors (Lipinski definition) is 2. The van der Waals surface area contributed by atoms with Crippen LogP contribution < -0.4 is 0 Å². The fourth-order valence-corrected chi connectivity index (χ4v) is 3.85. The van der Waals surface area contributed by atoms with E-state index < -0.39 is 0 Å². The SMILES string of the molecule is CCN1CCN(CC(Cl)c2c(C)c(C)cc(C)c2C)CC1. The number of benzene rings is 1. The van der Waals surface area contributed by atoms with Crippen LogP contribution in [-0.4, -0.2) is 49.1 Å². The van der Waals surface area contributed by atoms with E-state index in [0.29, 0.717) is 0 Å². The zero-order chi connectivity index (χ0) is 15.6. The minimum absolute atomic E-state index is 0.0942. The van der Waals surface area contributed by atoms with E-state index in [4.69, 9.17) is 11.6 Å². The van der Waals surface area contributed by atoms with E-state index in [2.05, 4.69) is 50.5 Å². The topological polar surface area (TPSA) is 6.48 Å². The van der Waals surface area contributed by atoms with E-state index >= 15 is 0 Å². The zero-order valence-electron chi connectivity index (χ0n) is 14.2. The van der Waals surface area contributed by atoms with Crippen molar-refractivity contribution in [3.05, 3.63) is 33.9 Å². The highest BCUT2D eigenvalue weighted by Gasteiger charge is 2.22. The Labute approximate surface area is 135 Å². The minimum Gasteiger partial charge on any atom is -0.301 e. The zero-order valence-corrected chi connectivity index (χ0v) is 14.9. The van der Waals surface area contributed by atoms with Crippen LogP contribution in [-0.2, 0) is 0 Å². The first-order valence-electron chi connectivity index (χ1n) is 8.10. The van der Waals surface area contributed by atoms with Crippen LogP contribution >= 0.6 is 11.6 Å². The molecule has 2 rings (SSSR count). The number of likely N-dealkylation sites (N-methyl/N-ethyl adjacent to an activating group) is 1. The monoisotopic (exact) mass is 308 g/mol. The number of piperazine rings is 1. The van der Waals surface area contributed by atoms with Crippen LogP contribution in [0.2, 0.25) is 0 Å². The van der Waals surface area contributed by atoms with Gasteiger partial charge in [-0.25, -0.2) is 0 Å². The Bertz CT molecular complexity index is 464. The molecule has 1 heterocycles. The van der Waals surface area contributed by atoms with Gasteiger partial charge in [-0.2, -0.15) is 0 Å². The third-order valence-corrected chi connectivity index (χ3v) is 5.42. The second-order valence-electron chi connectivity index (χ2n) is 6.38. The summed E-state index contributed by atoms with van der Waals surface area (Å²) in [5.41, 5.74) is 6.80. The predicted octanol–water partition coefficient (Wildman–Crippen LogP) is 3.84. The summed E-state index contributed by atoms with van der Waals surface area (Å²) in [6.45, 7) is 17.8. The van der Waals surface area contributed by atoms with Crippen molar-refractivity contribution in [1.29, 1.82) is 0 Å². The Balaban J connectivity index is 2.09. The summed E-state index contributed by atoms with van der Waals surface area (Å²) >= 11 is 6.81. The standard InChI is InChI=1S/C18H29ClN2/c1-6-20-7-9-21(10-8-20)12-17(19)18-15(4)13(2)11-14(3)16(18)5/h11,17H,6-10,12H2,1-5H3. The molecule has 0 saturated carbocycles. The van der Waals surface area contributed by atoms with Crippen LogP contribution in [0.3, 0.4) is 0 Å². The molecule has 0 aromatic heterocycles. The van der Waals surface area contributed by atoms with Crippen LogP contribution in [0.15, 0.2) is 6.07 Å². The second kappa shape index (κ2) is 7.13. The smallest absolute Gasteiger partial charge is 0.0717 e. The van der Waals surface area contributed by atoms with Crippen molar-refractivity contribution in [2.24, 2.45) is 0 Å². The van der Waals surface area contributed by atoms with E-state index in [9.17, 15) is 0 Å². The van der Waals surface area contributed by atoms with Crippen LogP contribution in [0.1, 0.15) is 40.1 Å². The van der Waals surface area contributed by atoms with Gasteiger partial charge in [-0.05, 0) is 62.1 Å². The summed E-state index contributed by atoms with van der Waals surface area (Å²) in [5.74, 6) is 0. The lowest BCUT2D eigenvalue weighted by Gasteiger charge is -2.35. The van der Waals surface area contributed by atoms with Gasteiger partial charge in [0.25, 0.3) is 0 Å². The number of aryl methyl sites for hydroxylation is 2. The maximum atomic E-state index is 6.81. The van der Waals surface area contributed by atoms with E-state index in [1.165, 1.54) is 40.9 Å². The quantitative estimate of drug-likeness (QED) is 0.780. The minimum atomic E-state index is 0.0942. The van der Waals surface area contributed by atoms with E-state index in [1.807, 2.05) is 0 Å². The molecule has 1 aliphatic rings. The molecule has 0 amide bonds. The fourth-order valence-electron chi connectivity index (χ4n) is 3.32. The summed E-state index contributed by atoms with van der Waals surface area (Å²) in [5, 5.41) is 0.0942. The van der Waals surface area contributed by atoms with Crippen molar-refractivity contribution in [2.75, 3.05) is 39.3 Å². The molecule has 118 valence electrons. The van der Waals surface area contributed by atoms with E-state index in [-0.39, 0.29) is 5.38 Å². The lowest BCUT2D eigenvalue weighted by Crippen LogP contribution is -2.46. The summed E-state index contributed by atoms with van der Waals surface area (Å²) in [6.07, 6.45) is 0. The van der Waals surface area contributed by atoms with Crippen LogP contribution in [0.4, 0.5) is 0 Å². The Hall–Kier alpha value is -0.570. The molecule has 1 saturated heterocycles. The lowest BCUT2D eigenvalue weighted by molar-refractivity contribution is 0.137. The molecular formula is C18H29ClN2. The number of halogens is 1. The summed E-state index contributed by atoms with van der Waals surface area (Å²) in [6, 6.07) is 2.28. The van der Waals surface area contributed by atoms with Crippen molar-refractivity contribution < 1.29 is 0 Å². The average Bonchev–Trinajstić information content (AvgIpc) is 2.46. The molecule has 0 N–H and O–H groups in total. The van der Waals surface area contributed by atoms with Gasteiger partial charge in [0.2, 0.25) is 0 Å². The molecule has 3 heteroatoms. The molecule has 1 atom stereocenters. The van der Waals surface area contributed by atoms with Crippen molar-refractivity contribution in [2.45, 2.75) is 40.0 Å². The largest absolute Gasteiger partial charge is 0.301 e. The first-order chi connectivity index (χ1) is 9.93. The van der Waals surface area contributed by atoms with Crippen LogP contribution in [0.25, 0.3) is 0 Å². The number of hydrogen-bond donors (Lipinski definition) is 0. The molecular weight excluding hydrogens is 280 g/mol. The second-order valence-corrected chi connectivity index (χ2v) is 6.90. The van der Waals surface area contributed by atoms with Gasteiger partial charge in [-0.15, -0.1) is 11.6 Å². The van der Waals surface area contributed by atoms with Crippen molar-refractivity contribution >= 4 is 11.6 Å². The number of alkyl halides is 1. The molecule has 1 aromatic rings. The molecule has 1 aromatic carbocycles. The number of rotatable bonds is 4. The highest BCUT2D eigenvalue weighted by Crippen LogP contribution is 2.32. The lowest BCUT2D eigenvalue weighted by atomic mass is 9.92. The van der Waals surface area contributed by atoms with Gasteiger partial charge < -0.3 is 4.90 Å². The third kappa shape index (κ3) is 3.80. The molecule has 0 spiro atoms. The molecule has 0 bridgehead atoms. The third-order valence-electron chi connectivity index (χ3n) is 5.07. The van der Waals surface area contributed by atoms with E-state index in [1.54, 1.807) is 0 Å². The first kappa shape index (κ1) is 16.8. The Morgan fingerprint density at radius 3 is 1.90 bits per heavy atom. The van der Waals surface area contributed by atoms with Crippen molar-refractivity contribution in [3.63, 3.8) is 0 Å². The Morgan fingerprint density at radius 1 is 0.952 bits per heavy atom. The maximum absolute atomic E-state index is 6.81. The molecule has 0 radical (unpaired) electrons. The van der Waals surface area contributed by atoms with Gasteiger partial charge in [-0.1, -0.05) is 13.0 Å². The van der Waals surface area contributed by atoms with Gasteiger partial charge in [0, 0.05) is 32.7 Å². The first-order valence-corrected chi connectivity index (χ1v) is 8.53. The number of nitrogens with zero attached hydrogens (tertiary/aromatic N) is 2. The highest BCUT2D eigenvalue weighted by atomic mass is 35.5. The fraction of sp³-hybridized carbons (Fsp3) is 0.667. The average molecular weight is 309 g/mol. The summed E-state index contributed by atoms with van der Waals surface area (Å²) in [7, 11) is 0. The summed E-state index contributed by atoms with van der Waals surface area (Å²) < 4.78 is 0. The van der Waals surface area contributed by atoms with Gasteiger partial charge >= 0.3 is 0 Å². The van der Waals surface area contributed by atoms with Crippen LogP contribution in [0, 0.1) is 27.7 Å². The molecule has 2 nitrogen and oxygen atoms in total. The molecule has 1 unspecified atom stereocenters. The van der Waals surface area contributed by atoms with E-state index in [0.717, 1.165) is 26.2 Å². The predicted molar refractivity (Wildman–Crippen MR) is 92.5 cm³/mol. The van der Waals surface area contributed by atoms with Gasteiger partial charge in [-0.3, -0.25) is 4.90 Å². The molecule has 0 aliphatic carbocycles. The summed E-state index contributed by atoms with van der Waals surface area (Å²) in [4.78, 5) is 5.02. The maximum Gasteiger partial charge on any atom is 0.0717 e. The molecule has 1 fully saturated rings. The normalized spacial score (nSPS) is 19.0. The van der Waals surface area contributed by atoms with Gasteiger partial charge in [0.05, 0.1) is 5.38 Å². The van der Waals surface area contributed by atoms with Crippen molar-refractivity contribution in [3.8, 4) is 0 Å². The van der Waals surface area contributed by atoms with Crippen molar-refractivity contribution in [1.82, 2.24) is 9.80 Å².